The molecule has 18 heavy (non-hydrogen) atoms. The summed E-state index contributed by atoms with van der Waals surface area (Å²) in [6.45, 7) is 0. The predicted molar refractivity (Wildman–Crippen MR) is 84.9 cm³/mol. The molecule has 0 saturated carbocycles. The van der Waals surface area contributed by atoms with Gasteiger partial charge in [-0.1, -0.05) is 23.2 Å². The quantitative estimate of drug-likeness (QED) is 0.653. The first kappa shape index (κ1) is 12.9. The smallest absolute Gasteiger partial charge is 0.0995 e. The van der Waals surface area contributed by atoms with Gasteiger partial charge in [0, 0.05) is 19.8 Å². The van der Waals surface area contributed by atoms with Gasteiger partial charge in [0.25, 0.3) is 0 Å². The summed E-state index contributed by atoms with van der Waals surface area (Å²) < 4.78 is 4.14. The van der Waals surface area contributed by atoms with Gasteiger partial charge in [-0.25, -0.2) is 0 Å². The van der Waals surface area contributed by atoms with E-state index in [-0.39, 0.29) is 6.04 Å². The van der Waals surface area contributed by atoms with Crippen molar-refractivity contribution in [1.29, 1.82) is 0 Å². The van der Waals surface area contributed by atoms with Gasteiger partial charge in [0.2, 0.25) is 0 Å². The van der Waals surface area contributed by atoms with Gasteiger partial charge in [-0.05, 0) is 30.6 Å². The number of thiophene rings is 3. The predicted octanol–water partition coefficient (Wildman–Crippen LogP) is 5.64. The molecule has 0 aliphatic rings. The van der Waals surface area contributed by atoms with E-state index in [4.69, 9.17) is 23.2 Å². The molecule has 0 bridgehead atoms. The molecule has 3 aromatic heterocycles. The van der Waals surface area contributed by atoms with Crippen LogP contribution in [-0.2, 0) is 0 Å². The second-order valence-electron chi connectivity index (χ2n) is 3.80. The summed E-state index contributed by atoms with van der Waals surface area (Å²) in [5, 5.41) is 5.44. The third-order valence-electron chi connectivity index (χ3n) is 2.73. The van der Waals surface area contributed by atoms with Gasteiger partial charge in [-0.3, -0.25) is 0 Å². The second kappa shape index (κ2) is 5.12. The molecule has 3 aromatic rings. The average Bonchev–Trinajstić information content (AvgIpc) is 2.95. The fourth-order valence-corrected chi connectivity index (χ4v) is 5.71. The average molecular weight is 334 g/mol. The van der Waals surface area contributed by atoms with Crippen molar-refractivity contribution in [2.75, 3.05) is 7.05 Å². The van der Waals surface area contributed by atoms with E-state index in [1.165, 1.54) is 25.6 Å². The van der Waals surface area contributed by atoms with Crippen LogP contribution in [0.25, 0.3) is 9.40 Å². The molecular weight excluding hydrogens is 325 g/mol. The zero-order valence-corrected chi connectivity index (χ0v) is 13.3. The normalized spacial score (nSPS) is 13.3. The van der Waals surface area contributed by atoms with E-state index in [9.17, 15) is 0 Å². The maximum absolute atomic E-state index is 6.24. The molecule has 3 rings (SSSR count). The van der Waals surface area contributed by atoms with Crippen LogP contribution in [0.3, 0.4) is 0 Å². The van der Waals surface area contributed by atoms with E-state index in [0.717, 1.165) is 14.2 Å². The van der Waals surface area contributed by atoms with Gasteiger partial charge in [-0.2, -0.15) is 0 Å². The minimum absolute atomic E-state index is 0.117. The van der Waals surface area contributed by atoms with Gasteiger partial charge in [0.05, 0.1) is 14.7 Å². The molecule has 94 valence electrons. The molecule has 0 spiro atoms. The summed E-state index contributed by atoms with van der Waals surface area (Å²) >= 11 is 17.2. The van der Waals surface area contributed by atoms with Crippen LogP contribution in [0.5, 0.6) is 0 Å². The van der Waals surface area contributed by atoms with Crippen molar-refractivity contribution in [2.24, 2.45) is 0 Å². The summed E-state index contributed by atoms with van der Waals surface area (Å²) in [4.78, 5) is 1.27. The van der Waals surface area contributed by atoms with Crippen molar-refractivity contribution in [3.05, 3.63) is 42.7 Å². The number of rotatable bonds is 3. The van der Waals surface area contributed by atoms with Crippen LogP contribution < -0.4 is 5.32 Å². The van der Waals surface area contributed by atoms with E-state index in [2.05, 4.69) is 22.8 Å². The first-order valence-electron chi connectivity index (χ1n) is 5.28. The third kappa shape index (κ3) is 2.22. The molecule has 0 aliphatic heterocycles. The van der Waals surface area contributed by atoms with Gasteiger partial charge in [0.15, 0.2) is 0 Å². The van der Waals surface area contributed by atoms with Crippen molar-refractivity contribution >= 4 is 66.6 Å². The van der Waals surface area contributed by atoms with Crippen molar-refractivity contribution in [3.8, 4) is 0 Å². The molecule has 3 heterocycles. The van der Waals surface area contributed by atoms with Crippen LogP contribution in [0, 0.1) is 0 Å². The monoisotopic (exact) mass is 333 g/mol. The van der Waals surface area contributed by atoms with Crippen molar-refractivity contribution < 1.29 is 0 Å². The highest BCUT2D eigenvalue weighted by atomic mass is 35.5. The molecule has 0 aromatic carbocycles. The lowest BCUT2D eigenvalue weighted by Gasteiger charge is -2.13. The molecule has 1 unspecified atom stereocenters. The fraction of sp³-hybridized carbons (Fsp3) is 0.167. The summed E-state index contributed by atoms with van der Waals surface area (Å²) in [7, 11) is 1.94. The molecule has 0 saturated heterocycles. The van der Waals surface area contributed by atoms with Crippen LogP contribution in [0.15, 0.2) is 23.6 Å². The van der Waals surface area contributed by atoms with Gasteiger partial charge in [0.1, 0.15) is 0 Å². The molecule has 1 nitrogen and oxygen atoms in total. The second-order valence-corrected chi connectivity index (χ2v) is 8.15. The Morgan fingerprint density at radius 2 is 2.00 bits per heavy atom. The Bertz CT molecular complexity index is 654. The lowest BCUT2D eigenvalue weighted by atomic mass is 10.1. The lowest BCUT2D eigenvalue weighted by molar-refractivity contribution is 0.707. The van der Waals surface area contributed by atoms with E-state index >= 15 is 0 Å². The highest BCUT2D eigenvalue weighted by molar-refractivity contribution is 7.27. The minimum Gasteiger partial charge on any atom is -0.309 e. The van der Waals surface area contributed by atoms with Crippen LogP contribution in [0.4, 0.5) is 0 Å². The third-order valence-corrected chi connectivity index (χ3v) is 6.40. The van der Waals surface area contributed by atoms with Crippen LogP contribution in [0.1, 0.15) is 16.5 Å². The largest absolute Gasteiger partial charge is 0.309 e. The summed E-state index contributed by atoms with van der Waals surface area (Å²) in [5.41, 5.74) is 1.06. The number of fused-ring (bicyclic) bond motifs is 1. The summed E-state index contributed by atoms with van der Waals surface area (Å²) in [5.74, 6) is 0. The Morgan fingerprint density at radius 1 is 1.17 bits per heavy atom. The van der Waals surface area contributed by atoms with Crippen molar-refractivity contribution in [2.45, 2.75) is 6.04 Å². The Kier molecular flexibility index (Phi) is 3.67. The van der Waals surface area contributed by atoms with Crippen LogP contribution >= 0.6 is 57.2 Å². The van der Waals surface area contributed by atoms with Gasteiger partial charge in [-0.15, -0.1) is 34.0 Å². The Hall–Kier alpha value is -0.100. The number of halogens is 2. The van der Waals surface area contributed by atoms with Crippen LogP contribution in [0.2, 0.25) is 8.67 Å². The Morgan fingerprint density at radius 3 is 2.61 bits per heavy atom. The zero-order valence-electron chi connectivity index (χ0n) is 9.37. The fourth-order valence-electron chi connectivity index (χ4n) is 1.93. The van der Waals surface area contributed by atoms with E-state index in [0.29, 0.717) is 0 Å². The Balaban J connectivity index is 2.06. The Labute approximate surface area is 127 Å². The molecule has 0 fully saturated rings. The van der Waals surface area contributed by atoms with E-state index in [1.54, 1.807) is 22.7 Å². The summed E-state index contributed by atoms with van der Waals surface area (Å²) in [6.07, 6.45) is 0. The number of nitrogens with one attached hydrogen (secondary N) is 1. The topological polar surface area (TPSA) is 12.0 Å². The number of hydrogen-bond donors (Lipinski definition) is 1. The SMILES string of the molecule is CNC(c1cc2sccc2s1)c1cc(Cl)sc1Cl. The molecule has 0 aliphatic carbocycles. The van der Waals surface area contributed by atoms with Crippen molar-refractivity contribution in [3.63, 3.8) is 0 Å². The highest BCUT2D eigenvalue weighted by Crippen LogP contribution is 2.41. The maximum atomic E-state index is 6.24. The van der Waals surface area contributed by atoms with E-state index in [1.807, 2.05) is 13.1 Å². The molecule has 0 amide bonds. The molecule has 0 radical (unpaired) electrons. The molecule has 1 N–H and O–H groups in total. The van der Waals surface area contributed by atoms with E-state index < -0.39 is 0 Å². The maximum Gasteiger partial charge on any atom is 0.0995 e. The van der Waals surface area contributed by atoms with Gasteiger partial charge < -0.3 is 5.32 Å². The first-order valence-corrected chi connectivity index (χ1v) is 8.55. The summed E-state index contributed by atoms with van der Waals surface area (Å²) in [6, 6.07) is 6.45. The lowest BCUT2D eigenvalue weighted by Crippen LogP contribution is -2.15. The molecular formula is C12H9Cl2NS3. The van der Waals surface area contributed by atoms with Crippen molar-refractivity contribution in [1.82, 2.24) is 5.32 Å². The minimum atomic E-state index is 0.117. The van der Waals surface area contributed by atoms with Gasteiger partial charge >= 0.3 is 0 Å². The standard InChI is InChI=1S/C12H9Cl2NS3/c1-15-11(6-4-10(13)18-12(6)14)9-5-8-7(17-9)2-3-16-8/h2-5,11,15H,1H3. The first-order chi connectivity index (χ1) is 8.69. The molecule has 6 heteroatoms. The molecule has 1 atom stereocenters. The van der Waals surface area contributed by atoms with Crippen LogP contribution in [-0.4, -0.2) is 7.05 Å². The highest BCUT2D eigenvalue weighted by Gasteiger charge is 2.20. The number of hydrogen-bond acceptors (Lipinski definition) is 4. The zero-order chi connectivity index (χ0) is 12.7.